The van der Waals surface area contributed by atoms with E-state index in [1.54, 1.807) is 6.20 Å². The Morgan fingerprint density at radius 2 is 2.46 bits per heavy atom. The van der Waals surface area contributed by atoms with Gasteiger partial charge in [0.1, 0.15) is 6.10 Å². The van der Waals surface area contributed by atoms with Gasteiger partial charge in [0.15, 0.2) is 5.76 Å². The molecular formula is C9H13NO3. The molecule has 1 aliphatic heterocycles. The molecule has 4 heteroatoms. The molecule has 1 atom stereocenters. The fourth-order valence-corrected chi connectivity index (χ4v) is 1.60. The summed E-state index contributed by atoms with van der Waals surface area (Å²) >= 11 is 0. The summed E-state index contributed by atoms with van der Waals surface area (Å²) in [6.07, 6.45) is 4.77. The van der Waals surface area contributed by atoms with Crippen LogP contribution < -0.4 is 0 Å². The van der Waals surface area contributed by atoms with Crippen LogP contribution in [0.5, 0.6) is 0 Å². The van der Waals surface area contributed by atoms with E-state index in [1.807, 2.05) is 0 Å². The zero-order valence-corrected chi connectivity index (χ0v) is 7.40. The number of ether oxygens (including phenoxy) is 1. The lowest BCUT2D eigenvalue weighted by atomic mass is 10.0. The molecule has 0 radical (unpaired) electrons. The average molecular weight is 183 g/mol. The Labute approximate surface area is 76.5 Å². The quantitative estimate of drug-likeness (QED) is 0.753. The van der Waals surface area contributed by atoms with Gasteiger partial charge >= 0.3 is 0 Å². The molecule has 2 heterocycles. The molecule has 1 N–H and O–H groups in total. The van der Waals surface area contributed by atoms with Gasteiger partial charge in [-0.3, -0.25) is 0 Å². The molecule has 1 aliphatic rings. The molecule has 0 bridgehead atoms. The summed E-state index contributed by atoms with van der Waals surface area (Å²) in [4.78, 5) is 0. The van der Waals surface area contributed by atoms with Crippen molar-refractivity contribution in [2.45, 2.75) is 32.0 Å². The highest BCUT2D eigenvalue weighted by atomic mass is 16.5. The standard InChI is InChI=1S/C9H13NO3/c11-6-7-5-10-13-9(7)8-3-1-2-4-12-8/h5,8,11H,1-4,6H2. The van der Waals surface area contributed by atoms with Gasteiger partial charge in [-0.1, -0.05) is 5.16 Å². The second kappa shape index (κ2) is 3.89. The molecule has 13 heavy (non-hydrogen) atoms. The van der Waals surface area contributed by atoms with Gasteiger partial charge in [0.2, 0.25) is 0 Å². The maximum atomic E-state index is 8.98. The molecule has 0 aliphatic carbocycles. The minimum atomic E-state index is -0.0291. The van der Waals surface area contributed by atoms with Crippen molar-refractivity contribution in [2.24, 2.45) is 0 Å². The number of aliphatic hydroxyl groups excluding tert-OH is 1. The summed E-state index contributed by atoms with van der Waals surface area (Å²) in [5, 5.41) is 12.6. The third kappa shape index (κ3) is 1.73. The molecule has 1 aromatic heterocycles. The third-order valence-corrected chi connectivity index (χ3v) is 2.32. The first-order valence-corrected chi connectivity index (χ1v) is 4.57. The Morgan fingerprint density at radius 1 is 1.54 bits per heavy atom. The SMILES string of the molecule is OCc1cnoc1C1CCCCO1. The first-order chi connectivity index (χ1) is 6.42. The van der Waals surface area contributed by atoms with E-state index < -0.39 is 0 Å². The van der Waals surface area contributed by atoms with Crippen LogP contribution in [0.4, 0.5) is 0 Å². The van der Waals surface area contributed by atoms with Crippen LogP contribution in [0.1, 0.15) is 36.7 Å². The van der Waals surface area contributed by atoms with Crippen LogP contribution in [0.2, 0.25) is 0 Å². The van der Waals surface area contributed by atoms with Gasteiger partial charge in [-0.05, 0) is 19.3 Å². The van der Waals surface area contributed by atoms with Crippen LogP contribution in [0, 0.1) is 0 Å². The van der Waals surface area contributed by atoms with Crippen molar-refractivity contribution >= 4 is 0 Å². The van der Waals surface area contributed by atoms with E-state index in [-0.39, 0.29) is 12.7 Å². The molecule has 4 nitrogen and oxygen atoms in total. The zero-order valence-electron chi connectivity index (χ0n) is 7.40. The molecule has 72 valence electrons. The highest BCUT2D eigenvalue weighted by molar-refractivity contribution is 5.15. The minimum Gasteiger partial charge on any atom is -0.391 e. The monoisotopic (exact) mass is 183 g/mol. The highest BCUT2D eigenvalue weighted by Crippen LogP contribution is 2.29. The van der Waals surface area contributed by atoms with E-state index in [9.17, 15) is 0 Å². The molecule has 0 saturated carbocycles. The average Bonchev–Trinajstić information content (AvgIpc) is 2.67. The number of rotatable bonds is 2. The first kappa shape index (κ1) is 8.72. The predicted molar refractivity (Wildman–Crippen MR) is 45.0 cm³/mol. The highest BCUT2D eigenvalue weighted by Gasteiger charge is 2.22. The van der Waals surface area contributed by atoms with Crippen molar-refractivity contribution in [3.05, 3.63) is 17.5 Å². The fourth-order valence-electron chi connectivity index (χ4n) is 1.60. The van der Waals surface area contributed by atoms with Gasteiger partial charge in [0.05, 0.1) is 12.8 Å². The summed E-state index contributed by atoms with van der Waals surface area (Å²) in [7, 11) is 0. The van der Waals surface area contributed by atoms with E-state index in [0.29, 0.717) is 5.76 Å². The van der Waals surface area contributed by atoms with Crippen molar-refractivity contribution in [3.63, 3.8) is 0 Å². The molecule has 2 rings (SSSR count). The molecule has 0 aromatic carbocycles. The molecule has 1 aromatic rings. The van der Waals surface area contributed by atoms with Crippen LogP contribution in [-0.4, -0.2) is 16.9 Å². The molecule has 0 spiro atoms. The zero-order chi connectivity index (χ0) is 9.10. The van der Waals surface area contributed by atoms with Crippen molar-refractivity contribution in [2.75, 3.05) is 6.61 Å². The van der Waals surface area contributed by atoms with E-state index in [1.165, 1.54) is 0 Å². The number of nitrogens with zero attached hydrogens (tertiary/aromatic N) is 1. The number of hydrogen-bond acceptors (Lipinski definition) is 4. The maximum Gasteiger partial charge on any atom is 0.170 e. The van der Waals surface area contributed by atoms with Crippen molar-refractivity contribution in [1.29, 1.82) is 0 Å². The van der Waals surface area contributed by atoms with Crippen LogP contribution in [0.15, 0.2) is 10.7 Å². The maximum absolute atomic E-state index is 8.98. The summed E-state index contributed by atoms with van der Waals surface area (Å²) in [5.41, 5.74) is 0.743. The van der Waals surface area contributed by atoms with Gasteiger partial charge in [-0.15, -0.1) is 0 Å². The number of hydrogen-bond donors (Lipinski definition) is 1. The predicted octanol–water partition coefficient (Wildman–Crippen LogP) is 1.41. The van der Waals surface area contributed by atoms with E-state index >= 15 is 0 Å². The summed E-state index contributed by atoms with van der Waals surface area (Å²) < 4.78 is 10.6. The Hall–Kier alpha value is -0.870. The Kier molecular flexibility index (Phi) is 2.61. The Bertz CT molecular complexity index is 266. The first-order valence-electron chi connectivity index (χ1n) is 4.57. The molecule has 1 unspecified atom stereocenters. The number of aliphatic hydroxyl groups is 1. The summed E-state index contributed by atoms with van der Waals surface area (Å²) in [5.74, 6) is 0.696. The Balaban J connectivity index is 2.13. The fraction of sp³-hybridized carbons (Fsp3) is 0.667. The normalized spacial score (nSPS) is 23.3. The van der Waals surface area contributed by atoms with Gasteiger partial charge < -0.3 is 14.4 Å². The van der Waals surface area contributed by atoms with Crippen LogP contribution in [-0.2, 0) is 11.3 Å². The summed E-state index contributed by atoms with van der Waals surface area (Å²) in [6, 6.07) is 0. The minimum absolute atomic E-state index is 0.00148. The van der Waals surface area contributed by atoms with Gasteiger partial charge in [0.25, 0.3) is 0 Å². The molecule has 1 saturated heterocycles. The van der Waals surface area contributed by atoms with E-state index in [2.05, 4.69) is 5.16 Å². The second-order valence-corrected chi connectivity index (χ2v) is 3.23. The van der Waals surface area contributed by atoms with E-state index in [4.69, 9.17) is 14.4 Å². The van der Waals surface area contributed by atoms with Gasteiger partial charge in [-0.25, -0.2) is 0 Å². The lowest BCUT2D eigenvalue weighted by molar-refractivity contribution is -0.00271. The smallest absolute Gasteiger partial charge is 0.170 e. The molecular weight excluding hydrogens is 170 g/mol. The van der Waals surface area contributed by atoms with Crippen molar-refractivity contribution < 1.29 is 14.4 Å². The third-order valence-electron chi connectivity index (χ3n) is 2.32. The van der Waals surface area contributed by atoms with Crippen LogP contribution in [0.3, 0.4) is 0 Å². The van der Waals surface area contributed by atoms with Gasteiger partial charge in [-0.2, -0.15) is 0 Å². The van der Waals surface area contributed by atoms with Crippen LogP contribution >= 0.6 is 0 Å². The lowest BCUT2D eigenvalue weighted by Crippen LogP contribution is -2.12. The van der Waals surface area contributed by atoms with Gasteiger partial charge in [0, 0.05) is 12.2 Å². The molecule has 1 fully saturated rings. The van der Waals surface area contributed by atoms with Crippen molar-refractivity contribution in [1.82, 2.24) is 5.16 Å². The molecule has 0 amide bonds. The van der Waals surface area contributed by atoms with Crippen LogP contribution in [0.25, 0.3) is 0 Å². The second-order valence-electron chi connectivity index (χ2n) is 3.23. The van der Waals surface area contributed by atoms with Crippen molar-refractivity contribution in [3.8, 4) is 0 Å². The lowest BCUT2D eigenvalue weighted by Gasteiger charge is -2.20. The number of aromatic nitrogens is 1. The summed E-state index contributed by atoms with van der Waals surface area (Å²) in [6.45, 7) is 0.745. The van der Waals surface area contributed by atoms with E-state index in [0.717, 1.165) is 31.4 Å². The largest absolute Gasteiger partial charge is 0.391 e. The Morgan fingerprint density at radius 3 is 3.15 bits per heavy atom. The topological polar surface area (TPSA) is 55.5 Å².